The van der Waals surface area contributed by atoms with E-state index in [0.29, 0.717) is 0 Å². The predicted molar refractivity (Wildman–Crippen MR) is 65.0 cm³/mol. The summed E-state index contributed by atoms with van der Waals surface area (Å²) >= 11 is 0. The topological polar surface area (TPSA) is 24.1 Å². The van der Waals surface area contributed by atoms with E-state index in [1.54, 1.807) is 0 Å². The molecule has 2 aliphatic rings. The molecule has 2 nitrogen and oxygen atoms in total. The van der Waals surface area contributed by atoms with Gasteiger partial charge in [-0.25, -0.2) is 0 Å². The van der Waals surface area contributed by atoms with Gasteiger partial charge in [0.05, 0.1) is 0 Å². The fourth-order valence-electron chi connectivity index (χ4n) is 2.66. The van der Waals surface area contributed by atoms with E-state index in [4.69, 9.17) is 0 Å². The van der Waals surface area contributed by atoms with Gasteiger partial charge in [-0.1, -0.05) is 19.8 Å². The molecule has 2 saturated carbocycles. The first kappa shape index (κ1) is 11.4. The van der Waals surface area contributed by atoms with Crippen LogP contribution in [0.1, 0.15) is 45.4 Å². The van der Waals surface area contributed by atoms with Gasteiger partial charge in [-0.2, -0.15) is 0 Å². The van der Waals surface area contributed by atoms with Crippen molar-refractivity contribution in [1.82, 2.24) is 10.6 Å². The molecule has 0 heterocycles. The molecule has 0 spiro atoms. The second kappa shape index (κ2) is 5.86. The molecule has 2 N–H and O–H groups in total. The highest BCUT2D eigenvalue weighted by Crippen LogP contribution is 2.35. The highest BCUT2D eigenvalue weighted by molar-refractivity contribution is 4.80. The average molecular weight is 210 g/mol. The molecule has 2 aliphatic carbocycles. The highest BCUT2D eigenvalue weighted by Gasteiger charge is 2.27. The zero-order chi connectivity index (χ0) is 10.5. The quantitative estimate of drug-likeness (QED) is 0.629. The fraction of sp³-hybridized carbons (Fsp3) is 1.00. The minimum absolute atomic E-state index is 0.827. The van der Waals surface area contributed by atoms with E-state index in [1.807, 2.05) is 0 Å². The lowest BCUT2D eigenvalue weighted by molar-refractivity contribution is 0.446. The Balaban J connectivity index is 1.41. The Bertz CT molecular complexity index is 167. The van der Waals surface area contributed by atoms with Crippen molar-refractivity contribution in [3.63, 3.8) is 0 Å². The van der Waals surface area contributed by atoms with E-state index in [-0.39, 0.29) is 0 Å². The molecular formula is C13H26N2. The molecule has 2 fully saturated rings. The van der Waals surface area contributed by atoms with Gasteiger partial charge >= 0.3 is 0 Å². The van der Waals surface area contributed by atoms with Crippen molar-refractivity contribution in [1.29, 1.82) is 0 Å². The van der Waals surface area contributed by atoms with Crippen molar-refractivity contribution in [2.45, 2.75) is 51.5 Å². The van der Waals surface area contributed by atoms with E-state index in [2.05, 4.69) is 17.6 Å². The largest absolute Gasteiger partial charge is 0.315 e. The van der Waals surface area contributed by atoms with Gasteiger partial charge in [-0.3, -0.25) is 0 Å². The minimum Gasteiger partial charge on any atom is -0.315 e. The summed E-state index contributed by atoms with van der Waals surface area (Å²) in [4.78, 5) is 0. The number of rotatable bonds is 7. The predicted octanol–water partition coefficient (Wildman–Crippen LogP) is 2.15. The Morgan fingerprint density at radius 1 is 1.07 bits per heavy atom. The molecule has 0 aromatic carbocycles. The third kappa shape index (κ3) is 4.12. The highest BCUT2D eigenvalue weighted by atomic mass is 15.0. The van der Waals surface area contributed by atoms with Crippen molar-refractivity contribution in [3.05, 3.63) is 0 Å². The standard InChI is InChI=1S/C13H26N2/c1-11(12-6-7-12)10-14-8-9-15-13-4-2-3-5-13/h11-15H,2-10H2,1H3. The minimum atomic E-state index is 0.827. The van der Waals surface area contributed by atoms with E-state index in [1.165, 1.54) is 45.1 Å². The fourth-order valence-corrected chi connectivity index (χ4v) is 2.66. The first-order valence-electron chi connectivity index (χ1n) is 6.80. The van der Waals surface area contributed by atoms with Crippen molar-refractivity contribution < 1.29 is 0 Å². The number of nitrogens with one attached hydrogen (secondary N) is 2. The molecule has 0 aromatic heterocycles. The molecule has 0 bridgehead atoms. The maximum atomic E-state index is 3.64. The van der Waals surface area contributed by atoms with Crippen LogP contribution in [0.4, 0.5) is 0 Å². The second-order valence-corrected chi connectivity index (χ2v) is 5.45. The normalized spacial score (nSPS) is 24.6. The summed E-state index contributed by atoms with van der Waals surface area (Å²) in [6.07, 6.45) is 8.62. The first-order valence-corrected chi connectivity index (χ1v) is 6.80. The summed E-state index contributed by atoms with van der Waals surface area (Å²) in [7, 11) is 0. The zero-order valence-corrected chi connectivity index (χ0v) is 10.1. The van der Waals surface area contributed by atoms with Gasteiger partial charge in [0.15, 0.2) is 0 Å². The van der Waals surface area contributed by atoms with E-state index >= 15 is 0 Å². The summed E-state index contributed by atoms with van der Waals surface area (Å²) in [5.74, 6) is 1.94. The molecule has 0 aromatic rings. The van der Waals surface area contributed by atoms with Gasteiger partial charge < -0.3 is 10.6 Å². The third-order valence-corrected chi connectivity index (χ3v) is 3.98. The van der Waals surface area contributed by atoms with Crippen LogP contribution in [-0.4, -0.2) is 25.7 Å². The van der Waals surface area contributed by atoms with Crippen LogP contribution in [0.5, 0.6) is 0 Å². The van der Waals surface area contributed by atoms with Gasteiger partial charge in [-0.15, -0.1) is 0 Å². The summed E-state index contributed by atoms with van der Waals surface area (Å²) in [6.45, 7) is 5.90. The summed E-state index contributed by atoms with van der Waals surface area (Å²) < 4.78 is 0. The van der Waals surface area contributed by atoms with Crippen LogP contribution in [0.15, 0.2) is 0 Å². The van der Waals surface area contributed by atoms with Gasteiger partial charge in [0.25, 0.3) is 0 Å². The number of hydrogen-bond donors (Lipinski definition) is 2. The lowest BCUT2D eigenvalue weighted by Crippen LogP contribution is -2.35. The Labute approximate surface area is 94.2 Å². The molecule has 0 radical (unpaired) electrons. The lowest BCUT2D eigenvalue weighted by Gasteiger charge is -2.14. The summed E-state index contributed by atoms with van der Waals surface area (Å²) in [6, 6.07) is 0.827. The molecule has 0 saturated heterocycles. The van der Waals surface area contributed by atoms with Crippen molar-refractivity contribution >= 4 is 0 Å². The lowest BCUT2D eigenvalue weighted by atomic mass is 10.1. The Morgan fingerprint density at radius 2 is 1.80 bits per heavy atom. The van der Waals surface area contributed by atoms with Crippen molar-refractivity contribution in [3.8, 4) is 0 Å². The van der Waals surface area contributed by atoms with Crippen LogP contribution in [0.2, 0.25) is 0 Å². The monoisotopic (exact) mass is 210 g/mol. The van der Waals surface area contributed by atoms with Crippen LogP contribution >= 0.6 is 0 Å². The van der Waals surface area contributed by atoms with Crippen molar-refractivity contribution in [2.24, 2.45) is 11.8 Å². The Morgan fingerprint density at radius 3 is 2.47 bits per heavy atom. The maximum absolute atomic E-state index is 3.64. The van der Waals surface area contributed by atoms with Crippen LogP contribution in [0, 0.1) is 11.8 Å². The van der Waals surface area contributed by atoms with Crippen LogP contribution in [0.25, 0.3) is 0 Å². The van der Waals surface area contributed by atoms with Gasteiger partial charge in [0, 0.05) is 19.1 Å². The molecule has 0 aliphatic heterocycles. The van der Waals surface area contributed by atoms with E-state index in [0.717, 1.165) is 31.0 Å². The van der Waals surface area contributed by atoms with Crippen molar-refractivity contribution in [2.75, 3.05) is 19.6 Å². The van der Waals surface area contributed by atoms with Crippen LogP contribution < -0.4 is 10.6 Å². The summed E-state index contributed by atoms with van der Waals surface area (Å²) in [5, 5.41) is 7.21. The average Bonchev–Trinajstić information content (AvgIpc) is 2.97. The van der Waals surface area contributed by atoms with E-state index < -0.39 is 0 Å². The van der Waals surface area contributed by atoms with Gasteiger partial charge in [0.1, 0.15) is 0 Å². The maximum Gasteiger partial charge on any atom is 0.00793 e. The molecular weight excluding hydrogens is 184 g/mol. The Kier molecular flexibility index (Phi) is 4.45. The number of hydrogen-bond acceptors (Lipinski definition) is 2. The molecule has 2 rings (SSSR count). The molecule has 88 valence electrons. The molecule has 0 amide bonds. The smallest absolute Gasteiger partial charge is 0.00793 e. The second-order valence-electron chi connectivity index (χ2n) is 5.45. The summed E-state index contributed by atoms with van der Waals surface area (Å²) in [5.41, 5.74) is 0. The Hall–Kier alpha value is -0.0800. The zero-order valence-electron chi connectivity index (χ0n) is 10.1. The molecule has 1 unspecified atom stereocenters. The van der Waals surface area contributed by atoms with Crippen LogP contribution in [0.3, 0.4) is 0 Å². The SMILES string of the molecule is CC(CNCCNC1CCCC1)C1CC1. The van der Waals surface area contributed by atoms with E-state index in [9.17, 15) is 0 Å². The molecule has 15 heavy (non-hydrogen) atoms. The molecule has 2 heteroatoms. The molecule has 1 atom stereocenters. The first-order chi connectivity index (χ1) is 7.36. The van der Waals surface area contributed by atoms with Crippen LogP contribution in [-0.2, 0) is 0 Å². The van der Waals surface area contributed by atoms with Gasteiger partial charge in [-0.05, 0) is 44.1 Å². The van der Waals surface area contributed by atoms with Gasteiger partial charge in [0.2, 0.25) is 0 Å². The third-order valence-electron chi connectivity index (χ3n) is 3.98.